The molecular formula is C18H20Cl2N2O4. The summed E-state index contributed by atoms with van der Waals surface area (Å²) in [5.74, 6) is 1.39. The Labute approximate surface area is 162 Å². The number of methoxy groups -OCH3 is 3. The van der Waals surface area contributed by atoms with Gasteiger partial charge in [-0.25, -0.2) is 0 Å². The number of carbonyl (C=O) groups excluding carboxylic acids is 1. The molecule has 0 heterocycles. The third-order valence-corrected chi connectivity index (χ3v) is 4.39. The fourth-order valence-electron chi connectivity index (χ4n) is 2.32. The van der Waals surface area contributed by atoms with Gasteiger partial charge in [0.2, 0.25) is 11.7 Å². The summed E-state index contributed by atoms with van der Waals surface area (Å²) >= 11 is 12.0. The van der Waals surface area contributed by atoms with Crippen molar-refractivity contribution in [3.05, 3.63) is 40.4 Å². The van der Waals surface area contributed by atoms with Gasteiger partial charge in [-0.3, -0.25) is 4.79 Å². The van der Waals surface area contributed by atoms with E-state index in [-0.39, 0.29) is 12.3 Å². The average molecular weight is 399 g/mol. The minimum atomic E-state index is -0.186. The first-order valence-corrected chi connectivity index (χ1v) is 8.53. The number of halogens is 2. The second-order valence-electron chi connectivity index (χ2n) is 5.24. The fraction of sp³-hybridized carbons (Fsp3) is 0.278. The zero-order valence-electron chi connectivity index (χ0n) is 14.7. The molecule has 0 bridgehead atoms. The molecule has 0 saturated carbocycles. The Morgan fingerprint density at radius 3 is 2.27 bits per heavy atom. The molecule has 2 aromatic carbocycles. The summed E-state index contributed by atoms with van der Waals surface area (Å²) in [5.41, 5.74) is 1.23. The molecule has 8 heteroatoms. The van der Waals surface area contributed by atoms with Gasteiger partial charge in [0.05, 0.1) is 37.1 Å². The first kappa shape index (κ1) is 20.0. The van der Waals surface area contributed by atoms with Gasteiger partial charge in [-0.05, 0) is 12.1 Å². The maximum atomic E-state index is 12.1. The van der Waals surface area contributed by atoms with Crippen LogP contribution >= 0.6 is 23.2 Å². The minimum absolute atomic E-state index is 0.186. The van der Waals surface area contributed by atoms with Crippen molar-refractivity contribution in [2.24, 2.45) is 0 Å². The molecule has 0 fully saturated rings. The molecule has 1 amide bonds. The lowest BCUT2D eigenvalue weighted by molar-refractivity contribution is -0.115. The van der Waals surface area contributed by atoms with Crippen LogP contribution in [-0.2, 0) is 4.79 Å². The van der Waals surface area contributed by atoms with Crippen molar-refractivity contribution >= 4 is 40.5 Å². The van der Waals surface area contributed by atoms with E-state index in [4.69, 9.17) is 37.4 Å². The Hall–Kier alpha value is -2.31. The maximum Gasteiger partial charge on any atom is 0.226 e. The second kappa shape index (κ2) is 9.40. The van der Waals surface area contributed by atoms with E-state index in [1.807, 2.05) is 0 Å². The van der Waals surface area contributed by atoms with Crippen molar-refractivity contribution in [1.82, 2.24) is 0 Å². The predicted octanol–water partition coefficient (Wildman–Crippen LogP) is 4.46. The number of hydrogen-bond donors (Lipinski definition) is 2. The topological polar surface area (TPSA) is 68.8 Å². The predicted molar refractivity (Wildman–Crippen MR) is 104 cm³/mol. The van der Waals surface area contributed by atoms with E-state index in [1.54, 1.807) is 51.7 Å². The highest BCUT2D eigenvalue weighted by atomic mass is 35.5. The molecule has 6 nitrogen and oxygen atoms in total. The van der Waals surface area contributed by atoms with Gasteiger partial charge in [-0.1, -0.05) is 29.3 Å². The summed E-state index contributed by atoms with van der Waals surface area (Å²) in [4.78, 5) is 12.1. The van der Waals surface area contributed by atoms with Crippen LogP contribution in [0.1, 0.15) is 6.42 Å². The van der Waals surface area contributed by atoms with Crippen molar-refractivity contribution in [2.45, 2.75) is 6.42 Å². The van der Waals surface area contributed by atoms with Gasteiger partial charge < -0.3 is 24.8 Å². The largest absolute Gasteiger partial charge is 0.493 e. The van der Waals surface area contributed by atoms with Crippen LogP contribution < -0.4 is 24.8 Å². The Kier molecular flexibility index (Phi) is 7.24. The molecule has 140 valence electrons. The molecule has 2 aromatic rings. The standard InChI is InChI=1S/C18H20Cl2N2O4/c1-24-14-9-11(10-15(25-2)18(14)26-3)21-8-7-16(23)22-13-6-4-5-12(19)17(13)20/h4-6,9-10,21H,7-8H2,1-3H3,(H,22,23). The van der Waals surface area contributed by atoms with Crippen molar-refractivity contribution in [3.8, 4) is 17.2 Å². The van der Waals surface area contributed by atoms with Crippen LogP contribution in [0.4, 0.5) is 11.4 Å². The van der Waals surface area contributed by atoms with Gasteiger partial charge >= 0.3 is 0 Å². The SMILES string of the molecule is COc1cc(NCCC(=O)Nc2cccc(Cl)c2Cl)cc(OC)c1OC. The first-order valence-electron chi connectivity index (χ1n) is 7.78. The number of ether oxygens (including phenoxy) is 3. The zero-order valence-corrected chi connectivity index (χ0v) is 16.2. The number of carbonyl (C=O) groups is 1. The maximum absolute atomic E-state index is 12.1. The summed E-state index contributed by atoms with van der Waals surface area (Å²) in [6.45, 7) is 0.405. The Morgan fingerprint density at radius 2 is 1.69 bits per heavy atom. The molecule has 0 saturated heterocycles. The van der Waals surface area contributed by atoms with Crippen molar-refractivity contribution < 1.29 is 19.0 Å². The summed E-state index contributed by atoms with van der Waals surface area (Å²) < 4.78 is 15.9. The van der Waals surface area contributed by atoms with Gasteiger partial charge in [-0.2, -0.15) is 0 Å². The van der Waals surface area contributed by atoms with E-state index in [1.165, 1.54) is 0 Å². The monoisotopic (exact) mass is 398 g/mol. The highest BCUT2D eigenvalue weighted by Crippen LogP contribution is 2.39. The molecule has 2 rings (SSSR count). The minimum Gasteiger partial charge on any atom is -0.493 e. The fourth-order valence-corrected chi connectivity index (χ4v) is 2.66. The molecule has 0 aromatic heterocycles. The quantitative estimate of drug-likeness (QED) is 0.686. The molecule has 26 heavy (non-hydrogen) atoms. The van der Waals surface area contributed by atoms with Crippen molar-refractivity contribution in [3.63, 3.8) is 0 Å². The van der Waals surface area contributed by atoms with E-state index in [9.17, 15) is 4.79 Å². The van der Waals surface area contributed by atoms with Crippen LogP contribution in [0.2, 0.25) is 10.0 Å². The number of nitrogens with one attached hydrogen (secondary N) is 2. The molecule has 2 N–H and O–H groups in total. The van der Waals surface area contributed by atoms with E-state index >= 15 is 0 Å². The molecule has 0 atom stereocenters. The summed E-state index contributed by atoms with van der Waals surface area (Å²) in [6, 6.07) is 8.61. The molecule has 0 radical (unpaired) electrons. The van der Waals surface area contributed by atoms with Crippen LogP contribution in [0.3, 0.4) is 0 Å². The third kappa shape index (κ3) is 4.86. The van der Waals surface area contributed by atoms with Crippen LogP contribution in [0.25, 0.3) is 0 Å². The van der Waals surface area contributed by atoms with Crippen molar-refractivity contribution in [1.29, 1.82) is 0 Å². The molecule has 0 spiro atoms. The van der Waals surface area contributed by atoms with Gasteiger partial charge in [-0.15, -0.1) is 0 Å². The Morgan fingerprint density at radius 1 is 1.04 bits per heavy atom. The third-order valence-electron chi connectivity index (χ3n) is 3.57. The molecule has 0 aliphatic heterocycles. The Balaban J connectivity index is 1.97. The van der Waals surface area contributed by atoms with E-state index in [0.717, 1.165) is 5.69 Å². The van der Waals surface area contributed by atoms with E-state index in [0.29, 0.717) is 39.5 Å². The lowest BCUT2D eigenvalue weighted by Crippen LogP contribution is -2.16. The summed E-state index contributed by atoms with van der Waals surface area (Å²) in [7, 11) is 4.63. The number of rotatable bonds is 8. The average Bonchev–Trinajstić information content (AvgIpc) is 2.64. The number of hydrogen-bond acceptors (Lipinski definition) is 5. The van der Waals surface area contributed by atoms with Crippen LogP contribution in [0.5, 0.6) is 17.2 Å². The van der Waals surface area contributed by atoms with E-state index < -0.39 is 0 Å². The summed E-state index contributed by atoms with van der Waals surface area (Å²) in [6.07, 6.45) is 0.236. The lowest BCUT2D eigenvalue weighted by Gasteiger charge is -2.15. The van der Waals surface area contributed by atoms with Gasteiger partial charge in [0.25, 0.3) is 0 Å². The number of benzene rings is 2. The highest BCUT2D eigenvalue weighted by molar-refractivity contribution is 6.43. The molecule has 0 aliphatic carbocycles. The molecular weight excluding hydrogens is 379 g/mol. The van der Waals surface area contributed by atoms with Crippen LogP contribution in [0, 0.1) is 0 Å². The molecule has 0 unspecified atom stereocenters. The smallest absolute Gasteiger partial charge is 0.226 e. The van der Waals surface area contributed by atoms with E-state index in [2.05, 4.69) is 10.6 Å². The first-order chi connectivity index (χ1) is 12.5. The van der Waals surface area contributed by atoms with Gasteiger partial charge in [0, 0.05) is 30.8 Å². The normalized spacial score (nSPS) is 10.2. The van der Waals surface area contributed by atoms with Gasteiger partial charge in [0.1, 0.15) is 0 Å². The zero-order chi connectivity index (χ0) is 19.1. The lowest BCUT2D eigenvalue weighted by atomic mass is 10.2. The van der Waals surface area contributed by atoms with Gasteiger partial charge in [0.15, 0.2) is 11.5 Å². The van der Waals surface area contributed by atoms with Crippen LogP contribution in [-0.4, -0.2) is 33.8 Å². The molecule has 0 aliphatic rings. The van der Waals surface area contributed by atoms with Crippen LogP contribution in [0.15, 0.2) is 30.3 Å². The number of amides is 1. The summed E-state index contributed by atoms with van der Waals surface area (Å²) in [5, 5.41) is 6.60. The second-order valence-corrected chi connectivity index (χ2v) is 6.03. The van der Waals surface area contributed by atoms with Crippen molar-refractivity contribution in [2.75, 3.05) is 38.5 Å². The highest BCUT2D eigenvalue weighted by Gasteiger charge is 2.13. The Bertz CT molecular complexity index is 759. The number of anilines is 2.